The summed E-state index contributed by atoms with van der Waals surface area (Å²) in [5.41, 5.74) is 1.88. The number of thiophene rings is 1. The smallest absolute Gasteiger partial charge is 0.340 e. The minimum absolute atomic E-state index is 0.246. The van der Waals surface area contributed by atoms with Crippen LogP contribution in [0, 0.1) is 0 Å². The van der Waals surface area contributed by atoms with Crippen molar-refractivity contribution in [3.63, 3.8) is 0 Å². The standard InChI is InChI=1S/C20H19NO4S/c1-4-25-20(23)18-13(2)21(14-7-9-15(24-3)10-8-14)19(22)17(18)12-16-6-5-11-26-16/h5-12H,4H2,1-3H3/b17-12-. The molecule has 0 unspecified atom stereocenters. The van der Waals surface area contributed by atoms with E-state index >= 15 is 0 Å². The predicted molar refractivity (Wildman–Crippen MR) is 102 cm³/mol. The first-order chi connectivity index (χ1) is 12.6. The number of hydrogen-bond donors (Lipinski definition) is 0. The maximum absolute atomic E-state index is 13.1. The molecular formula is C20H19NO4S. The Morgan fingerprint density at radius 2 is 1.96 bits per heavy atom. The molecule has 0 spiro atoms. The Morgan fingerprint density at radius 1 is 1.23 bits per heavy atom. The van der Waals surface area contributed by atoms with Gasteiger partial charge in [-0.15, -0.1) is 11.3 Å². The fraction of sp³-hybridized carbons (Fsp3) is 0.200. The van der Waals surface area contributed by atoms with Gasteiger partial charge in [0, 0.05) is 16.3 Å². The first-order valence-corrected chi connectivity index (χ1v) is 9.06. The number of amides is 1. The fourth-order valence-corrected chi connectivity index (χ4v) is 3.50. The van der Waals surface area contributed by atoms with Crippen molar-refractivity contribution in [1.82, 2.24) is 0 Å². The van der Waals surface area contributed by atoms with Gasteiger partial charge in [0.2, 0.25) is 0 Å². The molecule has 1 aliphatic rings. The Hall–Kier alpha value is -2.86. The minimum Gasteiger partial charge on any atom is -0.497 e. The lowest BCUT2D eigenvalue weighted by Gasteiger charge is -2.18. The molecule has 1 aromatic heterocycles. The van der Waals surface area contributed by atoms with Crippen LogP contribution in [-0.2, 0) is 14.3 Å². The number of anilines is 1. The number of nitrogens with zero attached hydrogens (tertiary/aromatic N) is 1. The van der Waals surface area contributed by atoms with E-state index in [1.54, 1.807) is 51.3 Å². The van der Waals surface area contributed by atoms with Gasteiger partial charge in [-0.2, -0.15) is 0 Å². The molecule has 0 radical (unpaired) electrons. The summed E-state index contributed by atoms with van der Waals surface area (Å²) in [6.45, 7) is 3.75. The maximum atomic E-state index is 13.1. The van der Waals surface area contributed by atoms with Gasteiger partial charge in [0.05, 0.1) is 24.9 Å². The summed E-state index contributed by atoms with van der Waals surface area (Å²) in [6, 6.07) is 10.9. The van der Waals surface area contributed by atoms with Crippen LogP contribution in [0.25, 0.3) is 6.08 Å². The zero-order valence-corrected chi connectivity index (χ0v) is 15.6. The molecule has 1 aromatic carbocycles. The number of allylic oxidation sites excluding steroid dienone is 1. The average molecular weight is 369 g/mol. The van der Waals surface area contributed by atoms with Crippen molar-refractivity contribution in [2.75, 3.05) is 18.6 Å². The summed E-state index contributed by atoms with van der Waals surface area (Å²) in [4.78, 5) is 28.0. The quantitative estimate of drug-likeness (QED) is 0.590. The van der Waals surface area contributed by atoms with Gasteiger partial charge >= 0.3 is 5.97 Å². The van der Waals surface area contributed by atoms with Gasteiger partial charge in [-0.3, -0.25) is 9.69 Å². The Bertz CT molecular complexity index is 879. The largest absolute Gasteiger partial charge is 0.497 e. The van der Waals surface area contributed by atoms with Crippen LogP contribution in [0.1, 0.15) is 18.7 Å². The molecule has 26 heavy (non-hydrogen) atoms. The zero-order chi connectivity index (χ0) is 18.7. The molecule has 0 fully saturated rings. The maximum Gasteiger partial charge on any atom is 0.340 e. The van der Waals surface area contributed by atoms with Gasteiger partial charge in [0.1, 0.15) is 5.75 Å². The van der Waals surface area contributed by atoms with E-state index in [0.717, 1.165) is 4.88 Å². The molecule has 5 nitrogen and oxygen atoms in total. The topological polar surface area (TPSA) is 55.8 Å². The molecule has 1 aliphatic heterocycles. The van der Waals surface area contributed by atoms with Gasteiger partial charge in [-0.05, 0) is 55.6 Å². The Balaban J connectivity index is 2.08. The number of ether oxygens (including phenoxy) is 2. The number of methoxy groups -OCH3 is 1. The highest BCUT2D eigenvalue weighted by atomic mass is 32.1. The molecule has 2 heterocycles. The monoisotopic (exact) mass is 369 g/mol. The van der Waals surface area contributed by atoms with E-state index in [1.165, 1.54) is 16.2 Å². The van der Waals surface area contributed by atoms with Crippen molar-refractivity contribution in [3.05, 3.63) is 63.5 Å². The van der Waals surface area contributed by atoms with Crippen LogP contribution in [0.2, 0.25) is 0 Å². The average Bonchev–Trinajstić information content (AvgIpc) is 3.23. The van der Waals surface area contributed by atoms with E-state index < -0.39 is 5.97 Å². The number of benzene rings is 1. The highest BCUT2D eigenvalue weighted by Crippen LogP contribution is 2.36. The molecule has 0 atom stereocenters. The third kappa shape index (κ3) is 3.28. The van der Waals surface area contributed by atoms with Crippen LogP contribution in [0.3, 0.4) is 0 Å². The van der Waals surface area contributed by atoms with Crippen molar-refractivity contribution in [1.29, 1.82) is 0 Å². The highest BCUT2D eigenvalue weighted by Gasteiger charge is 2.38. The van der Waals surface area contributed by atoms with E-state index in [4.69, 9.17) is 9.47 Å². The van der Waals surface area contributed by atoms with Crippen LogP contribution >= 0.6 is 11.3 Å². The number of hydrogen-bond acceptors (Lipinski definition) is 5. The molecule has 0 saturated heterocycles. The summed E-state index contributed by atoms with van der Waals surface area (Å²) in [5, 5.41) is 1.92. The lowest BCUT2D eigenvalue weighted by atomic mass is 10.1. The van der Waals surface area contributed by atoms with Crippen molar-refractivity contribution in [3.8, 4) is 5.75 Å². The molecule has 1 amide bonds. The predicted octanol–water partition coefficient (Wildman–Crippen LogP) is 4.02. The van der Waals surface area contributed by atoms with Crippen LogP contribution in [0.5, 0.6) is 5.75 Å². The molecule has 2 aromatic rings. The Labute approximate surface area is 156 Å². The first-order valence-electron chi connectivity index (χ1n) is 8.19. The van der Waals surface area contributed by atoms with E-state index in [2.05, 4.69) is 0 Å². The second-order valence-electron chi connectivity index (χ2n) is 5.59. The van der Waals surface area contributed by atoms with Crippen molar-refractivity contribution in [2.45, 2.75) is 13.8 Å². The van der Waals surface area contributed by atoms with Crippen LogP contribution in [0.4, 0.5) is 5.69 Å². The second-order valence-corrected chi connectivity index (χ2v) is 6.57. The second kappa shape index (κ2) is 7.58. The van der Waals surface area contributed by atoms with Gasteiger partial charge in [0.15, 0.2) is 0 Å². The van der Waals surface area contributed by atoms with E-state index in [9.17, 15) is 9.59 Å². The minimum atomic E-state index is -0.489. The zero-order valence-electron chi connectivity index (χ0n) is 14.8. The molecular weight excluding hydrogens is 350 g/mol. The van der Waals surface area contributed by atoms with Gasteiger partial charge in [0.25, 0.3) is 5.91 Å². The first kappa shape index (κ1) is 17.9. The number of carbonyl (C=O) groups excluding carboxylic acids is 2. The molecule has 0 aliphatic carbocycles. The normalized spacial score (nSPS) is 15.7. The summed E-state index contributed by atoms with van der Waals surface area (Å²) >= 11 is 1.50. The molecule has 3 rings (SSSR count). The third-order valence-corrected chi connectivity index (χ3v) is 4.86. The molecule has 6 heteroatoms. The van der Waals surface area contributed by atoms with Crippen LogP contribution < -0.4 is 9.64 Å². The summed E-state index contributed by atoms with van der Waals surface area (Å²) in [6.07, 6.45) is 1.74. The Kier molecular flexibility index (Phi) is 5.23. The molecule has 0 bridgehead atoms. The molecule has 0 N–H and O–H groups in total. The fourth-order valence-electron chi connectivity index (χ4n) is 2.84. The molecule has 0 saturated carbocycles. The SMILES string of the molecule is CCOC(=O)C1=C(C)N(c2ccc(OC)cc2)C(=O)/C1=C\c1cccs1. The van der Waals surface area contributed by atoms with E-state index in [-0.39, 0.29) is 12.5 Å². The van der Waals surface area contributed by atoms with Gasteiger partial charge in [-0.1, -0.05) is 6.07 Å². The number of esters is 1. The third-order valence-electron chi connectivity index (χ3n) is 4.04. The lowest BCUT2D eigenvalue weighted by molar-refractivity contribution is -0.138. The van der Waals surface area contributed by atoms with E-state index in [0.29, 0.717) is 28.3 Å². The van der Waals surface area contributed by atoms with Crippen molar-refractivity contribution in [2.24, 2.45) is 0 Å². The highest BCUT2D eigenvalue weighted by molar-refractivity contribution is 7.10. The van der Waals surface area contributed by atoms with E-state index in [1.807, 2.05) is 17.5 Å². The lowest BCUT2D eigenvalue weighted by Crippen LogP contribution is -2.24. The number of rotatable bonds is 5. The van der Waals surface area contributed by atoms with Crippen molar-refractivity contribution < 1.29 is 19.1 Å². The summed E-state index contributed by atoms with van der Waals surface area (Å²) in [5.74, 6) is -0.0386. The Morgan fingerprint density at radius 3 is 2.54 bits per heavy atom. The van der Waals surface area contributed by atoms with Gasteiger partial charge in [-0.25, -0.2) is 4.79 Å². The van der Waals surface area contributed by atoms with Gasteiger partial charge < -0.3 is 9.47 Å². The summed E-state index contributed by atoms with van der Waals surface area (Å²) < 4.78 is 10.4. The summed E-state index contributed by atoms with van der Waals surface area (Å²) in [7, 11) is 1.59. The van der Waals surface area contributed by atoms with Crippen LogP contribution in [-0.4, -0.2) is 25.6 Å². The van der Waals surface area contributed by atoms with Crippen LogP contribution in [0.15, 0.2) is 58.6 Å². The molecule has 134 valence electrons. The van der Waals surface area contributed by atoms with Crippen molar-refractivity contribution >= 4 is 35.0 Å². The number of carbonyl (C=O) groups is 2.